The monoisotopic (exact) mass is 524 g/mol. The Kier molecular flexibility index (Phi) is 6.62. The Morgan fingerprint density at radius 3 is 2.82 bits per heavy atom. The molecular formula is C25H18BrClN2O4. The van der Waals surface area contributed by atoms with Gasteiger partial charge < -0.3 is 9.15 Å². The molecule has 0 N–H and O–H groups in total. The molecule has 2 aromatic carbocycles. The van der Waals surface area contributed by atoms with E-state index in [4.69, 9.17) is 20.8 Å². The summed E-state index contributed by atoms with van der Waals surface area (Å²) in [7, 11) is 0. The van der Waals surface area contributed by atoms with Gasteiger partial charge in [-0.1, -0.05) is 46.3 Å². The maximum atomic E-state index is 13.0. The van der Waals surface area contributed by atoms with Crippen molar-refractivity contribution in [2.75, 3.05) is 11.6 Å². The number of hydrazone groups is 1. The maximum absolute atomic E-state index is 13.0. The van der Waals surface area contributed by atoms with E-state index in [2.05, 4.69) is 27.6 Å². The fourth-order valence-electron chi connectivity index (χ4n) is 3.24. The van der Waals surface area contributed by atoms with Crippen LogP contribution in [-0.4, -0.2) is 24.2 Å². The number of nitrogens with zero attached hydrogens (tertiary/aromatic N) is 2. The summed E-state index contributed by atoms with van der Waals surface area (Å²) in [5.74, 6) is 0.193. The van der Waals surface area contributed by atoms with Crippen LogP contribution in [0.4, 0.5) is 5.69 Å². The number of esters is 1. The molecule has 1 aromatic heterocycles. The second-order valence-corrected chi connectivity index (χ2v) is 8.45. The summed E-state index contributed by atoms with van der Waals surface area (Å²) in [6.45, 7) is 5.38. The van der Waals surface area contributed by atoms with E-state index in [0.717, 1.165) is 4.47 Å². The summed E-state index contributed by atoms with van der Waals surface area (Å²) >= 11 is 9.57. The van der Waals surface area contributed by atoms with E-state index in [1.807, 2.05) is 24.3 Å². The molecule has 0 spiro atoms. The van der Waals surface area contributed by atoms with Gasteiger partial charge in [-0.3, -0.25) is 4.79 Å². The average molecular weight is 526 g/mol. The van der Waals surface area contributed by atoms with Crippen molar-refractivity contribution in [3.63, 3.8) is 0 Å². The second kappa shape index (κ2) is 9.60. The smallest absolute Gasteiger partial charge is 0.339 e. The third-order valence-electron chi connectivity index (χ3n) is 4.83. The fraction of sp³-hybridized carbons (Fsp3) is 0.0800. The number of carbonyl (C=O) groups excluding carboxylic acids is 2. The summed E-state index contributed by atoms with van der Waals surface area (Å²) in [5, 5.41) is 6.02. The van der Waals surface area contributed by atoms with E-state index in [-0.39, 0.29) is 23.1 Å². The first-order valence-corrected chi connectivity index (χ1v) is 11.1. The molecule has 166 valence electrons. The first-order valence-electron chi connectivity index (χ1n) is 9.92. The van der Waals surface area contributed by atoms with Gasteiger partial charge in [0.2, 0.25) is 0 Å². The van der Waals surface area contributed by atoms with E-state index in [0.29, 0.717) is 34.1 Å². The lowest BCUT2D eigenvalue weighted by Crippen LogP contribution is -2.21. The van der Waals surface area contributed by atoms with Gasteiger partial charge in [-0.05, 0) is 61.5 Å². The second-order valence-electron chi connectivity index (χ2n) is 7.12. The third-order valence-corrected chi connectivity index (χ3v) is 5.65. The number of furan rings is 1. The van der Waals surface area contributed by atoms with Crippen LogP contribution >= 0.6 is 27.5 Å². The SMILES string of the molecule is C=CCOC(=O)c1cc(-c2ccc(/C=C3/C(=O)N(c4cccc(Br)c4)N=C3C)o2)ccc1Cl. The molecular weight excluding hydrogens is 508 g/mol. The Balaban J connectivity index is 1.59. The summed E-state index contributed by atoms with van der Waals surface area (Å²) in [6.07, 6.45) is 3.13. The van der Waals surface area contributed by atoms with Crippen molar-refractivity contribution in [3.8, 4) is 11.3 Å². The number of carbonyl (C=O) groups is 2. The number of amides is 1. The summed E-state index contributed by atoms with van der Waals surface area (Å²) < 4.78 is 11.9. The van der Waals surface area contributed by atoms with Crippen LogP contribution in [0.3, 0.4) is 0 Å². The van der Waals surface area contributed by atoms with Crippen LogP contribution in [0.5, 0.6) is 0 Å². The van der Waals surface area contributed by atoms with Crippen molar-refractivity contribution < 1.29 is 18.7 Å². The van der Waals surface area contributed by atoms with Gasteiger partial charge in [-0.15, -0.1) is 0 Å². The number of rotatable bonds is 6. The Bertz CT molecular complexity index is 1330. The van der Waals surface area contributed by atoms with Crippen LogP contribution in [0.15, 0.2) is 86.8 Å². The molecule has 0 saturated carbocycles. The molecule has 6 nitrogen and oxygen atoms in total. The topological polar surface area (TPSA) is 72.1 Å². The van der Waals surface area contributed by atoms with Gasteiger partial charge in [-0.25, -0.2) is 4.79 Å². The molecule has 2 heterocycles. The van der Waals surface area contributed by atoms with Crippen LogP contribution in [0, 0.1) is 0 Å². The molecule has 8 heteroatoms. The first kappa shape index (κ1) is 22.8. The number of benzene rings is 2. The number of anilines is 1. The van der Waals surface area contributed by atoms with Crippen molar-refractivity contribution >= 4 is 56.9 Å². The molecule has 0 atom stereocenters. The van der Waals surface area contributed by atoms with Crippen molar-refractivity contribution in [1.82, 2.24) is 0 Å². The zero-order chi connectivity index (χ0) is 23.5. The molecule has 1 aliphatic rings. The minimum atomic E-state index is -0.549. The predicted molar refractivity (Wildman–Crippen MR) is 132 cm³/mol. The van der Waals surface area contributed by atoms with Gasteiger partial charge in [0, 0.05) is 10.0 Å². The molecule has 0 unspecified atom stereocenters. The maximum Gasteiger partial charge on any atom is 0.339 e. The molecule has 0 radical (unpaired) electrons. The molecule has 0 fully saturated rings. The summed E-state index contributed by atoms with van der Waals surface area (Å²) in [6, 6.07) is 15.8. The lowest BCUT2D eigenvalue weighted by molar-refractivity contribution is -0.114. The van der Waals surface area contributed by atoms with Crippen LogP contribution in [0.1, 0.15) is 23.0 Å². The zero-order valence-electron chi connectivity index (χ0n) is 17.5. The van der Waals surface area contributed by atoms with Gasteiger partial charge in [0.1, 0.15) is 18.1 Å². The molecule has 1 aliphatic heterocycles. The standard InChI is InChI=1S/C25H18BrClN2O4/c1-3-11-32-25(31)21-12-16(7-9-22(21)27)23-10-8-19(33-23)14-20-15(2)28-29(24(20)30)18-6-4-5-17(26)13-18/h3-10,12-14H,1,11H2,2H3/b20-14+. The molecule has 0 saturated heterocycles. The quantitative estimate of drug-likeness (QED) is 0.209. The fourth-order valence-corrected chi connectivity index (χ4v) is 3.82. The van der Waals surface area contributed by atoms with E-state index in [9.17, 15) is 9.59 Å². The predicted octanol–water partition coefficient (Wildman–Crippen LogP) is 6.51. The normalized spacial score (nSPS) is 14.5. The molecule has 33 heavy (non-hydrogen) atoms. The van der Waals surface area contributed by atoms with E-state index < -0.39 is 5.97 Å². The summed E-state index contributed by atoms with van der Waals surface area (Å²) in [4.78, 5) is 25.2. The van der Waals surface area contributed by atoms with Gasteiger partial charge in [0.15, 0.2) is 0 Å². The van der Waals surface area contributed by atoms with E-state index in [1.165, 1.54) is 11.1 Å². The highest BCUT2D eigenvalue weighted by Crippen LogP contribution is 2.30. The highest BCUT2D eigenvalue weighted by molar-refractivity contribution is 9.10. The van der Waals surface area contributed by atoms with Crippen molar-refractivity contribution in [3.05, 3.63) is 93.6 Å². The minimum absolute atomic E-state index is 0.0870. The van der Waals surface area contributed by atoms with Crippen molar-refractivity contribution in [1.29, 1.82) is 0 Å². The van der Waals surface area contributed by atoms with Crippen LogP contribution < -0.4 is 5.01 Å². The third kappa shape index (κ3) is 4.84. The Hall–Kier alpha value is -3.42. The Labute approximate surface area is 203 Å². The molecule has 0 aliphatic carbocycles. The highest BCUT2D eigenvalue weighted by Gasteiger charge is 2.29. The van der Waals surface area contributed by atoms with Crippen LogP contribution in [-0.2, 0) is 9.53 Å². The zero-order valence-corrected chi connectivity index (χ0v) is 19.9. The number of hydrogen-bond donors (Lipinski definition) is 0. The lowest BCUT2D eigenvalue weighted by atomic mass is 10.1. The van der Waals surface area contributed by atoms with Crippen LogP contribution in [0.25, 0.3) is 17.4 Å². The van der Waals surface area contributed by atoms with Crippen molar-refractivity contribution in [2.45, 2.75) is 6.92 Å². The molecule has 1 amide bonds. The highest BCUT2D eigenvalue weighted by atomic mass is 79.9. The van der Waals surface area contributed by atoms with Gasteiger partial charge in [0.25, 0.3) is 5.91 Å². The molecule has 0 bridgehead atoms. The van der Waals surface area contributed by atoms with Gasteiger partial charge in [0.05, 0.1) is 27.6 Å². The Morgan fingerprint density at radius 1 is 1.24 bits per heavy atom. The molecule has 3 aromatic rings. The number of hydrogen-bond acceptors (Lipinski definition) is 5. The van der Waals surface area contributed by atoms with Crippen LogP contribution in [0.2, 0.25) is 5.02 Å². The summed E-state index contributed by atoms with van der Waals surface area (Å²) in [5.41, 5.74) is 2.55. The minimum Gasteiger partial charge on any atom is -0.458 e. The molecule has 4 rings (SSSR count). The van der Waals surface area contributed by atoms with E-state index >= 15 is 0 Å². The van der Waals surface area contributed by atoms with E-state index in [1.54, 1.807) is 43.3 Å². The Morgan fingerprint density at radius 2 is 2.06 bits per heavy atom. The average Bonchev–Trinajstić information content (AvgIpc) is 3.38. The largest absolute Gasteiger partial charge is 0.458 e. The number of ether oxygens (including phenoxy) is 1. The lowest BCUT2D eigenvalue weighted by Gasteiger charge is -2.11. The van der Waals surface area contributed by atoms with Gasteiger partial charge in [-0.2, -0.15) is 10.1 Å². The van der Waals surface area contributed by atoms with Gasteiger partial charge >= 0.3 is 5.97 Å². The first-order chi connectivity index (χ1) is 15.9. The number of halogens is 2. The van der Waals surface area contributed by atoms with Crippen molar-refractivity contribution in [2.24, 2.45) is 5.10 Å².